The number of hydrogen-bond donors (Lipinski definition) is 1. The Labute approximate surface area is 152 Å². The Kier molecular flexibility index (Phi) is 4.99. The lowest BCUT2D eigenvalue weighted by Gasteiger charge is -2.20. The van der Waals surface area contributed by atoms with Gasteiger partial charge in [-0.05, 0) is 36.4 Å². The summed E-state index contributed by atoms with van der Waals surface area (Å²) in [6, 6.07) is 8.63. The van der Waals surface area contributed by atoms with Crippen LogP contribution in [0.5, 0.6) is 0 Å². The molecular weight excluding hydrogens is 367 g/mol. The van der Waals surface area contributed by atoms with Crippen molar-refractivity contribution in [1.29, 1.82) is 0 Å². The Balaban J connectivity index is 1.79. The summed E-state index contributed by atoms with van der Waals surface area (Å²) in [5.41, 5.74) is 0.954. The number of likely N-dealkylation sites (N-methyl/N-ethyl adjacent to an activating group) is 1. The van der Waals surface area contributed by atoms with Gasteiger partial charge in [0.05, 0.1) is 17.7 Å². The quantitative estimate of drug-likeness (QED) is 0.684. The highest BCUT2D eigenvalue weighted by atomic mass is 35.5. The Bertz CT molecular complexity index is 997. The highest BCUT2D eigenvalue weighted by Gasteiger charge is 2.17. The van der Waals surface area contributed by atoms with E-state index in [0.29, 0.717) is 16.2 Å². The van der Waals surface area contributed by atoms with E-state index in [9.17, 15) is 18.0 Å². The zero-order valence-electron chi connectivity index (χ0n) is 13.6. The number of rotatable bonds is 4. The third kappa shape index (κ3) is 3.57. The van der Waals surface area contributed by atoms with E-state index in [2.05, 4.69) is 10.3 Å². The van der Waals surface area contributed by atoms with Crippen molar-refractivity contribution in [2.45, 2.75) is 0 Å². The van der Waals surface area contributed by atoms with Crippen LogP contribution >= 0.6 is 11.6 Å². The van der Waals surface area contributed by atoms with Crippen LogP contribution in [-0.4, -0.2) is 24.5 Å². The molecule has 0 radical (unpaired) electrons. The largest absolute Gasteiger partial charge is 0.365 e. The number of carbonyl (C=O) groups is 1. The molecule has 1 aromatic heterocycles. The van der Waals surface area contributed by atoms with Crippen molar-refractivity contribution < 1.29 is 18.0 Å². The summed E-state index contributed by atoms with van der Waals surface area (Å²) >= 11 is 5.95. The second-order valence-corrected chi connectivity index (χ2v) is 6.06. The van der Waals surface area contributed by atoms with Crippen LogP contribution in [0.25, 0.3) is 10.9 Å². The minimum atomic E-state index is -1.63. The summed E-state index contributed by atoms with van der Waals surface area (Å²) in [5.74, 6) is -4.98. The number of halogens is 4. The van der Waals surface area contributed by atoms with Gasteiger partial charge in [0.25, 0.3) is 0 Å². The lowest BCUT2D eigenvalue weighted by atomic mass is 10.1. The van der Waals surface area contributed by atoms with E-state index in [1.807, 2.05) is 0 Å². The topological polar surface area (TPSA) is 45.2 Å². The molecule has 1 amide bonds. The molecule has 0 spiro atoms. The number of amides is 1. The molecule has 0 saturated heterocycles. The number of fused-ring (bicyclic) bond motifs is 1. The van der Waals surface area contributed by atoms with Crippen LogP contribution in [0.1, 0.15) is 0 Å². The number of benzene rings is 2. The number of hydrogen-bond acceptors (Lipinski definition) is 3. The first kappa shape index (κ1) is 18.0. The molecule has 0 atom stereocenters. The van der Waals surface area contributed by atoms with E-state index in [4.69, 9.17) is 11.6 Å². The van der Waals surface area contributed by atoms with Crippen LogP contribution in [0.3, 0.4) is 0 Å². The molecule has 0 fully saturated rings. The molecule has 0 saturated carbocycles. The average molecular weight is 380 g/mol. The van der Waals surface area contributed by atoms with Crippen molar-refractivity contribution in [3.63, 3.8) is 0 Å². The highest BCUT2D eigenvalue weighted by molar-refractivity contribution is 6.31. The van der Waals surface area contributed by atoms with Gasteiger partial charge in [-0.3, -0.25) is 9.78 Å². The number of nitrogens with one attached hydrogen (secondary N) is 1. The molecule has 1 N–H and O–H groups in total. The third-order valence-electron chi connectivity index (χ3n) is 3.78. The van der Waals surface area contributed by atoms with Gasteiger partial charge >= 0.3 is 0 Å². The minimum Gasteiger partial charge on any atom is -0.365 e. The van der Waals surface area contributed by atoms with E-state index in [1.54, 1.807) is 42.4 Å². The monoisotopic (exact) mass is 379 g/mol. The summed E-state index contributed by atoms with van der Waals surface area (Å²) in [5, 5.41) is 3.56. The fraction of sp³-hybridized carbons (Fsp3) is 0.111. The van der Waals surface area contributed by atoms with Gasteiger partial charge in [0.1, 0.15) is 0 Å². The first-order valence-corrected chi connectivity index (χ1v) is 7.93. The standard InChI is InChI=1S/C18H13ClF3N3O/c1-25(15-6-7-23-14-8-10(19)2-3-11(14)15)9-16(26)24-13-5-4-12(20)17(21)18(13)22/h2-8H,9H2,1H3,(H,24,26). The second-order valence-electron chi connectivity index (χ2n) is 5.62. The molecule has 134 valence electrons. The number of nitrogens with zero attached hydrogens (tertiary/aromatic N) is 2. The molecule has 3 rings (SSSR count). The molecule has 0 unspecified atom stereocenters. The average Bonchev–Trinajstić information content (AvgIpc) is 2.61. The maximum atomic E-state index is 13.7. The van der Waals surface area contributed by atoms with Gasteiger partial charge in [-0.25, -0.2) is 13.2 Å². The van der Waals surface area contributed by atoms with Crippen molar-refractivity contribution in [2.75, 3.05) is 23.8 Å². The second kappa shape index (κ2) is 7.21. The number of pyridine rings is 1. The van der Waals surface area contributed by atoms with E-state index < -0.39 is 29.0 Å². The zero-order valence-corrected chi connectivity index (χ0v) is 14.3. The van der Waals surface area contributed by atoms with Gasteiger partial charge in [-0.1, -0.05) is 11.6 Å². The van der Waals surface area contributed by atoms with Crippen LogP contribution < -0.4 is 10.2 Å². The number of carbonyl (C=O) groups excluding carboxylic acids is 1. The molecule has 1 heterocycles. The Morgan fingerprint density at radius 3 is 2.69 bits per heavy atom. The third-order valence-corrected chi connectivity index (χ3v) is 4.02. The molecule has 0 aliphatic heterocycles. The first-order chi connectivity index (χ1) is 12.4. The van der Waals surface area contributed by atoms with E-state index in [1.165, 1.54) is 0 Å². The zero-order chi connectivity index (χ0) is 18.8. The molecule has 26 heavy (non-hydrogen) atoms. The summed E-state index contributed by atoms with van der Waals surface area (Å²) in [6.45, 7) is -0.139. The smallest absolute Gasteiger partial charge is 0.243 e. The van der Waals surface area contributed by atoms with Gasteiger partial charge in [0, 0.05) is 29.3 Å². The van der Waals surface area contributed by atoms with Crippen LogP contribution in [0.15, 0.2) is 42.6 Å². The Hall–Kier alpha value is -2.80. The number of anilines is 2. The van der Waals surface area contributed by atoms with Crippen molar-refractivity contribution in [2.24, 2.45) is 0 Å². The molecular formula is C18H13ClF3N3O. The highest BCUT2D eigenvalue weighted by Crippen LogP contribution is 2.27. The lowest BCUT2D eigenvalue weighted by Crippen LogP contribution is -2.30. The molecule has 2 aromatic carbocycles. The maximum absolute atomic E-state index is 13.7. The predicted molar refractivity (Wildman–Crippen MR) is 95.0 cm³/mol. The molecule has 0 aliphatic carbocycles. The molecule has 0 bridgehead atoms. The summed E-state index contributed by atoms with van der Waals surface area (Å²) in [7, 11) is 1.67. The van der Waals surface area contributed by atoms with Crippen molar-refractivity contribution >= 4 is 39.8 Å². The Morgan fingerprint density at radius 1 is 1.15 bits per heavy atom. The SMILES string of the molecule is CN(CC(=O)Nc1ccc(F)c(F)c1F)c1ccnc2cc(Cl)ccc12. The Morgan fingerprint density at radius 2 is 1.92 bits per heavy atom. The van der Waals surface area contributed by atoms with Gasteiger partial charge in [0.15, 0.2) is 17.5 Å². The summed E-state index contributed by atoms with van der Waals surface area (Å²) in [4.78, 5) is 18.0. The van der Waals surface area contributed by atoms with Crippen LogP contribution in [0, 0.1) is 17.5 Å². The van der Waals surface area contributed by atoms with Crippen molar-refractivity contribution in [1.82, 2.24) is 4.98 Å². The van der Waals surface area contributed by atoms with Gasteiger partial charge < -0.3 is 10.2 Å². The van der Waals surface area contributed by atoms with E-state index >= 15 is 0 Å². The van der Waals surface area contributed by atoms with Crippen LogP contribution in [0.4, 0.5) is 24.5 Å². The van der Waals surface area contributed by atoms with Crippen molar-refractivity contribution in [3.8, 4) is 0 Å². The van der Waals surface area contributed by atoms with Crippen molar-refractivity contribution in [3.05, 3.63) is 65.1 Å². The van der Waals surface area contributed by atoms with Gasteiger partial charge in [-0.2, -0.15) is 0 Å². The lowest BCUT2D eigenvalue weighted by molar-refractivity contribution is -0.114. The fourth-order valence-corrected chi connectivity index (χ4v) is 2.72. The predicted octanol–water partition coefficient (Wildman–Crippen LogP) is 4.38. The summed E-state index contributed by atoms with van der Waals surface area (Å²) in [6.07, 6.45) is 1.58. The molecule has 4 nitrogen and oxygen atoms in total. The van der Waals surface area contributed by atoms with Crippen LogP contribution in [-0.2, 0) is 4.79 Å². The fourth-order valence-electron chi connectivity index (χ4n) is 2.55. The minimum absolute atomic E-state index is 0.139. The normalized spacial score (nSPS) is 10.8. The van der Waals surface area contributed by atoms with Gasteiger partial charge in [-0.15, -0.1) is 0 Å². The summed E-state index contributed by atoms with van der Waals surface area (Å²) < 4.78 is 39.9. The van der Waals surface area contributed by atoms with Gasteiger partial charge in [0.2, 0.25) is 5.91 Å². The number of aromatic nitrogens is 1. The van der Waals surface area contributed by atoms with Crippen LogP contribution in [0.2, 0.25) is 5.02 Å². The van der Waals surface area contributed by atoms with E-state index in [-0.39, 0.29) is 6.54 Å². The maximum Gasteiger partial charge on any atom is 0.243 e. The molecule has 0 aliphatic rings. The first-order valence-electron chi connectivity index (χ1n) is 7.55. The molecule has 8 heteroatoms. The molecule has 3 aromatic rings. The van der Waals surface area contributed by atoms with E-state index in [0.717, 1.165) is 17.5 Å².